The van der Waals surface area contributed by atoms with E-state index in [-0.39, 0.29) is 18.0 Å². The van der Waals surface area contributed by atoms with Gasteiger partial charge in [-0.1, -0.05) is 0 Å². The van der Waals surface area contributed by atoms with Crippen LogP contribution in [0, 0.1) is 12.7 Å². The van der Waals surface area contributed by atoms with Gasteiger partial charge in [0, 0.05) is 12.1 Å². The molecule has 15 heavy (non-hydrogen) atoms. The number of aryl methyl sites for hydroxylation is 1. The maximum Gasteiger partial charge on any atom is 0.197 e. The summed E-state index contributed by atoms with van der Waals surface area (Å²) in [5.41, 5.74) is 3.46. The molecule has 4 nitrogen and oxygen atoms in total. The molecule has 0 saturated heterocycles. The van der Waals surface area contributed by atoms with Crippen LogP contribution in [0.4, 0.5) is 4.39 Å². The molecule has 0 aliphatic heterocycles. The maximum absolute atomic E-state index is 13.7. The predicted molar refractivity (Wildman–Crippen MR) is 53.2 cm³/mol. The standard InChI is InChI=1S/C10H14FNO3/c1-6-4-7(5-12-15-3)8(11)10(14-2)9(6)13/h4,12-13H,5H2,1-3H3. The number of aromatic hydroxyl groups is 1. The van der Waals surface area contributed by atoms with E-state index in [1.807, 2.05) is 0 Å². The minimum atomic E-state index is -0.579. The number of hydrogen-bond acceptors (Lipinski definition) is 4. The van der Waals surface area contributed by atoms with Crippen molar-refractivity contribution >= 4 is 0 Å². The molecule has 1 rings (SSSR count). The Labute approximate surface area is 87.6 Å². The van der Waals surface area contributed by atoms with E-state index >= 15 is 0 Å². The Hall–Kier alpha value is -1.33. The lowest BCUT2D eigenvalue weighted by Crippen LogP contribution is -2.12. The van der Waals surface area contributed by atoms with Crippen molar-refractivity contribution in [2.75, 3.05) is 14.2 Å². The third-order valence-electron chi connectivity index (χ3n) is 2.07. The number of phenolic OH excluding ortho intramolecular Hbond substituents is 1. The Morgan fingerprint density at radius 2 is 2.13 bits per heavy atom. The number of nitrogens with one attached hydrogen (secondary N) is 1. The van der Waals surface area contributed by atoms with Crippen LogP contribution < -0.4 is 10.2 Å². The van der Waals surface area contributed by atoms with Gasteiger partial charge in [0.1, 0.15) is 0 Å². The summed E-state index contributed by atoms with van der Waals surface area (Å²) < 4.78 is 18.4. The summed E-state index contributed by atoms with van der Waals surface area (Å²) >= 11 is 0. The lowest BCUT2D eigenvalue weighted by atomic mass is 10.1. The molecule has 0 aromatic heterocycles. The summed E-state index contributed by atoms with van der Waals surface area (Å²) in [6.07, 6.45) is 0. The van der Waals surface area contributed by atoms with Gasteiger partial charge < -0.3 is 14.7 Å². The van der Waals surface area contributed by atoms with Crippen molar-refractivity contribution in [2.45, 2.75) is 13.5 Å². The molecule has 0 unspecified atom stereocenters. The van der Waals surface area contributed by atoms with Crippen LogP contribution in [0.2, 0.25) is 0 Å². The highest BCUT2D eigenvalue weighted by Crippen LogP contribution is 2.34. The lowest BCUT2D eigenvalue weighted by Gasteiger charge is -2.11. The molecular formula is C10H14FNO3. The maximum atomic E-state index is 13.7. The molecule has 0 radical (unpaired) electrons. The van der Waals surface area contributed by atoms with Crippen molar-refractivity contribution in [1.82, 2.24) is 5.48 Å². The van der Waals surface area contributed by atoms with Gasteiger partial charge in [-0.2, -0.15) is 5.48 Å². The Bertz CT molecular complexity index is 355. The van der Waals surface area contributed by atoms with Gasteiger partial charge in [-0.05, 0) is 18.6 Å². The molecule has 0 aliphatic rings. The molecule has 0 aliphatic carbocycles. The van der Waals surface area contributed by atoms with Crippen LogP contribution in [-0.2, 0) is 11.4 Å². The Balaban J connectivity index is 3.12. The van der Waals surface area contributed by atoms with Gasteiger partial charge in [0.05, 0.1) is 14.2 Å². The van der Waals surface area contributed by atoms with Crippen molar-refractivity contribution in [3.63, 3.8) is 0 Å². The number of hydroxylamine groups is 1. The fourth-order valence-electron chi connectivity index (χ4n) is 1.29. The van der Waals surface area contributed by atoms with E-state index in [9.17, 15) is 9.50 Å². The van der Waals surface area contributed by atoms with Gasteiger partial charge in [-0.3, -0.25) is 0 Å². The highest BCUT2D eigenvalue weighted by molar-refractivity contribution is 5.49. The fourth-order valence-corrected chi connectivity index (χ4v) is 1.29. The summed E-state index contributed by atoms with van der Waals surface area (Å²) in [6, 6.07) is 1.54. The zero-order valence-corrected chi connectivity index (χ0v) is 8.93. The van der Waals surface area contributed by atoms with Crippen LogP contribution in [-0.4, -0.2) is 19.3 Å². The van der Waals surface area contributed by atoms with Crippen molar-refractivity contribution in [3.05, 3.63) is 23.0 Å². The minimum absolute atomic E-state index is 0.136. The zero-order valence-electron chi connectivity index (χ0n) is 8.93. The van der Waals surface area contributed by atoms with Crippen LogP contribution in [0.1, 0.15) is 11.1 Å². The van der Waals surface area contributed by atoms with Crippen molar-refractivity contribution < 1.29 is 19.1 Å². The van der Waals surface area contributed by atoms with Gasteiger partial charge in [-0.15, -0.1) is 0 Å². The van der Waals surface area contributed by atoms with Crippen LogP contribution in [0.5, 0.6) is 11.5 Å². The van der Waals surface area contributed by atoms with E-state index in [4.69, 9.17) is 4.74 Å². The number of phenols is 1. The van der Waals surface area contributed by atoms with E-state index in [1.54, 1.807) is 13.0 Å². The molecule has 1 aromatic rings. The number of hydrogen-bond donors (Lipinski definition) is 2. The quantitative estimate of drug-likeness (QED) is 0.747. The van der Waals surface area contributed by atoms with E-state index in [2.05, 4.69) is 10.3 Å². The van der Waals surface area contributed by atoms with E-state index in [0.717, 1.165) is 0 Å². The van der Waals surface area contributed by atoms with Crippen LogP contribution in [0.25, 0.3) is 0 Å². The lowest BCUT2D eigenvalue weighted by molar-refractivity contribution is 0.0857. The average Bonchev–Trinajstić information content (AvgIpc) is 2.22. The Kier molecular flexibility index (Phi) is 3.88. The SMILES string of the molecule is CONCc1cc(C)c(O)c(OC)c1F. The Morgan fingerprint density at radius 3 is 2.67 bits per heavy atom. The van der Waals surface area contributed by atoms with Gasteiger partial charge in [0.25, 0.3) is 0 Å². The summed E-state index contributed by atoms with van der Waals surface area (Å²) in [5.74, 6) is -0.885. The van der Waals surface area contributed by atoms with Gasteiger partial charge >= 0.3 is 0 Å². The monoisotopic (exact) mass is 215 g/mol. The molecule has 84 valence electrons. The second-order valence-corrected chi connectivity index (χ2v) is 3.07. The first kappa shape index (κ1) is 11.7. The van der Waals surface area contributed by atoms with Crippen molar-refractivity contribution in [2.24, 2.45) is 0 Å². The first-order valence-electron chi connectivity index (χ1n) is 4.42. The Morgan fingerprint density at radius 1 is 1.47 bits per heavy atom. The highest BCUT2D eigenvalue weighted by Gasteiger charge is 2.16. The summed E-state index contributed by atoms with van der Waals surface area (Å²) in [7, 11) is 2.76. The summed E-state index contributed by atoms with van der Waals surface area (Å²) in [5, 5.41) is 9.51. The smallest absolute Gasteiger partial charge is 0.197 e. The van der Waals surface area contributed by atoms with E-state index in [1.165, 1.54) is 14.2 Å². The molecule has 0 saturated carbocycles. The van der Waals surface area contributed by atoms with E-state index in [0.29, 0.717) is 11.1 Å². The molecule has 0 fully saturated rings. The summed E-state index contributed by atoms with van der Waals surface area (Å²) in [6.45, 7) is 1.88. The second kappa shape index (κ2) is 4.95. The molecule has 0 heterocycles. The molecule has 0 atom stereocenters. The zero-order chi connectivity index (χ0) is 11.4. The number of methoxy groups -OCH3 is 1. The highest BCUT2D eigenvalue weighted by atomic mass is 19.1. The van der Waals surface area contributed by atoms with Gasteiger partial charge in [-0.25, -0.2) is 4.39 Å². The third kappa shape index (κ3) is 2.37. The normalized spacial score (nSPS) is 10.4. The number of ether oxygens (including phenoxy) is 1. The van der Waals surface area contributed by atoms with Crippen LogP contribution in [0.3, 0.4) is 0 Å². The van der Waals surface area contributed by atoms with Gasteiger partial charge in [0.15, 0.2) is 17.3 Å². The average molecular weight is 215 g/mol. The largest absolute Gasteiger partial charge is 0.504 e. The van der Waals surface area contributed by atoms with Crippen LogP contribution in [0.15, 0.2) is 6.07 Å². The van der Waals surface area contributed by atoms with Crippen molar-refractivity contribution in [3.8, 4) is 11.5 Å². The number of rotatable bonds is 4. The first-order chi connectivity index (χ1) is 7.11. The number of halogens is 1. The second-order valence-electron chi connectivity index (χ2n) is 3.07. The van der Waals surface area contributed by atoms with Crippen LogP contribution >= 0.6 is 0 Å². The summed E-state index contributed by atoms with van der Waals surface area (Å²) in [4.78, 5) is 4.62. The molecule has 2 N–H and O–H groups in total. The van der Waals surface area contributed by atoms with E-state index < -0.39 is 5.82 Å². The molecule has 5 heteroatoms. The predicted octanol–water partition coefficient (Wildman–Crippen LogP) is 1.50. The third-order valence-corrected chi connectivity index (χ3v) is 2.07. The van der Waals surface area contributed by atoms with Gasteiger partial charge in [0.2, 0.25) is 0 Å². The molecule has 1 aromatic carbocycles. The first-order valence-corrected chi connectivity index (χ1v) is 4.42. The van der Waals surface area contributed by atoms with Crippen molar-refractivity contribution in [1.29, 1.82) is 0 Å². The number of benzene rings is 1. The molecule has 0 bridgehead atoms. The molecule has 0 amide bonds. The topological polar surface area (TPSA) is 50.7 Å². The fraction of sp³-hybridized carbons (Fsp3) is 0.400. The molecular weight excluding hydrogens is 201 g/mol. The minimum Gasteiger partial charge on any atom is -0.504 e. The molecule has 0 spiro atoms.